The molecule has 164 valence electrons. The maximum atomic E-state index is 13.0. The Morgan fingerprint density at radius 1 is 0.867 bits per heavy atom. The highest BCUT2D eigenvalue weighted by Gasteiger charge is 2.30. The van der Waals surface area contributed by atoms with Gasteiger partial charge >= 0.3 is 6.09 Å². The van der Waals surface area contributed by atoms with Crippen LogP contribution in [0.2, 0.25) is 0 Å². The molecule has 2 aromatic carbocycles. The first-order valence-corrected chi connectivity index (χ1v) is 10.7. The Kier molecular flexibility index (Phi) is 10.3. The molecule has 2 aromatic rings. The summed E-state index contributed by atoms with van der Waals surface area (Å²) in [6.07, 6.45) is -2.07. The van der Waals surface area contributed by atoms with Gasteiger partial charge in [0.1, 0.15) is 0 Å². The summed E-state index contributed by atoms with van der Waals surface area (Å²) in [6.45, 7) is 9.77. The van der Waals surface area contributed by atoms with Crippen LogP contribution in [0.5, 0.6) is 0 Å². The molecule has 0 bridgehead atoms. The van der Waals surface area contributed by atoms with Crippen LogP contribution in [0, 0.1) is 0 Å². The predicted molar refractivity (Wildman–Crippen MR) is 119 cm³/mol. The number of cyclic esters (lactones) is 1. The number of ether oxygens (including phenoxy) is 1. The van der Waals surface area contributed by atoms with E-state index in [0.717, 1.165) is 38.3 Å². The lowest BCUT2D eigenvalue weighted by Crippen LogP contribution is -2.43. The quantitative estimate of drug-likeness (QED) is 0.742. The summed E-state index contributed by atoms with van der Waals surface area (Å²) in [5.41, 5.74) is 2.26. The Morgan fingerprint density at radius 3 is 1.77 bits per heavy atom. The Labute approximate surface area is 180 Å². The molecule has 2 heterocycles. The molecule has 2 aliphatic rings. The maximum absolute atomic E-state index is 13.0. The average molecular weight is 416 g/mol. The fourth-order valence-corrected chi connectivity index (χ4v) is 3.22. The van der Waals surface area contributed by atoms with Gasteiger partial charge in [-0.25, -0.2) is 4.79 Å². The minimum atomic E-state index is -1.50. The van der Waals surface area contributed by atoms with Crippen molar-refractivity contribution in [2.24, 2.45) is 0 Å². The van der Waals surface area contributed by atoms with Crippen molar-refractivity contribution >= 4 is 6.09 Å². The SMILES string of the molecule is CC.CN1CCN(Cc2ccc(CN3CC(F)OC3=O)cc2)CC1.c1ccccc1. The fraction of sp³-hybridized carbons (Fsp3) is 0.458. The number of likely N-dealkylation sites (N-methyl/N-ethyl adjacent to an activating group) is 1. The number of amides is 1. The lowest BCUT2D eigenvalue weighted by molar-refractivity contribution is 0.0574. The Morgan fingerprint density at radius 2 is 1.33 bits per heavy atom. The van der Waals surface area contributed by atoms with E-state index in [4.69, 9.17) is 0 Å². The van der Waals surface area contributed by atoms with Crippen LogP contribution < -0.4 is 0 Å². The van der Waals surface area contributed by atoms with Crippen LogP contribution >= 0.6 is 0 Å². The van der Waals surface area contributed by atoms with Crippen LogP contribution in [0.1, 0.15) is 25.0 Å². The van der Waals surface area contributed by atoms with E-state index in [9.17, 15) is 9.18 Å². The van der Waals surface area contributed by atoms with Crippen molar-refractivity contribution in [2.45, 2.75) is 33.3 Å². The lowest BCUT2D eigenvalue weighted by atomic mass is 10.1. The molecule has 2 fully saturated rings. The molecule has 30 heavy (non-hydrogen) atoms. The largest absolute Gasteiger partial charge is 0.413 e. The molecule has 0 radical (unpaired) electrons. The first kappa shape index (κ1) is 23.8. The van der Waals surface area contributed by atoms with Gasteiger partial charge in [0, 0.05) is 39.3 Å². The van der Waals surface area contributed by atoms with Crippen LogP contribution in [0.4, 0.5) is 9.18 Å². The normalized spacial score (nSPS) is 19.3. The minimum absolute atomic E-state index is 0.0158. The highest BCUT2D eigenvalue weighted by Crippen LogP contribution is 2.17. The van der Waals surface area contributed by atoms with Crippen LogP contribution in [0.3, 0.4) is 0 Å². The summed E-state index contributed by atoms with van der Waals surface area (Å²) in [5.74, 6) is 0. The zero-order valence-electron chi connectivity index (χ0n) is 18.3. The van der Waals surface area contributed by atoms with E-state index < -0.39 is 12.5 Å². The molecule has 0 aromatic heterocycles. The van der Waals surface area contributed by atoms with Gasteiger partial charge in [-0.05, 0) is 18.2 Å². The number of benzene rings is 2. The van der Waals surface area contributed by atoms with Crippen molar-refractivity contribution < 1.29 is 13.9 Å². The highest BCUT2D eigenvalue weighted by molar-refractivity contribution is 5.69. The average Bonchev–Trinajstić information content (AvgIpc) is 3.11. The molecular formula is C24H34FN3O2. The van der Waals surface area contributed by atoms with Gasteiger partial charge in [-0.1, -0.05) is 74.5 Å². The second-order valence-electron chi connectivity index (χ2n) is 7.22. The van der Waals surface area contributed by atoms with Crippen molar-refractivity contribution in [2.75, 3.05) is 39.8 Å². The van der Waals surface area contributed by atoms with Gasteiger partial charge in [-0.2, -0.15) is 4.39 Å². The third-order valence-electron chi connectivity index (χ3n) is 4.92. The number of alkyl halides is 1. The van der Waals surface area contributed by atoms with Crippen molar-refractivity contribution in [3.05, 3.63) is 71.8 Å². The standard InChI is InChI=1S/C16H22FN3O2.C6H6.C2H6/c1-18-6-8-19(9-7-18)10-13-2-4-14(5-3-13)11-20-12-15(17)22-16(20)21;1-2-4-6-5-3-1;1-2/h2-5,15H,6-12H2,1H3;1-6H;1-2H3. The van der Waals surface area contributed by atoms with Crippen molar-refractivity contribution in [3.8, 4) is 0 Å². The number of rotatable bonds is 4. The summed E-state index contributed by atoms with van der Waals surface area (Å²) < 4.78 is 17.5. The van der Waals surface area contributed by atoms with Gasteiger partial charge in [0.05, 0.1) is 6.54 Å². The third-order valence-corrected chi connectivity index (χ3v) is 4.92. The van der Waals surface area contributed by atoms with Crippen LogP contribution in [0.15, 0.2) is 60.7 Å². The highest BCUT2D eigenvalue weighted by atomic mass is 19.1. The van der Waals surface area contributed by atoms with Gasteiger partial charge in [-0.15, -0.1) is 0 Å². The number of halogens is 1. The van der Waals surface area contributed by atoms with E-state index in [-0.39, 0.29) is 6.54 Å². The van der Waals surface area contributed by atoms with Crippen LogP contribution in [-0.4, -0.2) is 66.9 Å². The van der Waals surface area contributed by atoms with Gasteiger partial charge < -0.3 is 9.64 Å². The third kappa shape index (κ3) is 8.13. The van der Waals surface area contributed by atoms with Crippen molar-refractivity contribution in [3.63, 3.8) is 0 Å². The molecule has 0 spiro atoms. The van der Waals surface area contributed by atoms with Gasteiger partial charge in [-0.3, -0.25) is 9.80 Å². The molecule has 6 heteroatoms. The zero-order chi connectivity index (χ0) is 21.8. The number of nitrogens with zero attached hydrogens (tertiary/aromatic N) is 3. The van der Waals surface area contributed by atoms with Gasteiger partial charge in [0.25, 0.3) is 6.36 Å². The number of hydrogen-bond donors (Lipinski definition) is 0. The maximum Gasteiger partial charge on any atom is 0.412 e. The second kappa shape index (κ2) is 13.0. The summed E-state index contributed by atoms with van der Waals surface area (Å²) in [7, 11) is 2.15. The van der Waals surface area contributed by atoms with E-state index in [0.29, 0.717) is 6.54 Å². The lowest BCUT2D eigenvalue weighted by Gasteiger charge is -2.32. The molecule has 0 N–H and O–H groups in total. The van der Waals surface area contributed by atoms with Crippen molar-refractivity contribution in [1.29, 1.82) is 0 Å². The van der Waals surface area contributed by atoms with Gasteiger partial charge in [0.15, 0.2) is 0 Å². The number of piperazine rings is 1. The molecule has 4 rings (SSSR count). The molecule has 1 amide bonds. The number of carbonyl (C=O) groups is 1. The minimum Gasteiger partial charge on any atom is -0.413 e. The zero-order valence-corrected chi connectivity index (χ0v) is 18.3. The summed E-state index contributed by atoms with van der Waals surface area (Å²) in [5, 5.41) is 0. The fourth-order valence-electron chi connectivity index (χ4n) is 3.22. The van der Waals surface area contributed by atoms with E-state index in [1.807, 2.05) is 62.4 Å². The molecule has 5 nitrogen and oxygen atoms in total. The monoisotopic (exact) mass is 415 g/mol. The molecular weight excluding hydrogens is 381 g/mol. The molecule has 1 atom stereocenters. The molecule has 2 saturated heterocycles. The topological polar surface area (TPSA) is 36.0 Å². The second-order valence-corrected chi connectivity index (χ2v) is 7.22. The Balaban J connectivity index is 0.000000340. The van der Waals surface area contributed by atoms with E-state index in [1.165, 1.54) is 10.5 Å². The molecule has 1 unspecified atom stereocenters. The first-order chi connectivity index (χ1) is 14.6. The summed E-state index contributed by atoms with van der Waals surface area (Å²) in [6, 6.07) is 20.2. The van der Waals surface area contributed by atoms with E-state index in [1.54, 1.807) is 0 Å². The first-order valence-electron chi connectivity index (χ1n) is 10.7. The van der Waals surface area contributed by atoms with Gasteiger partial charge in [0.2, 0.25) is 0 Å². The smallest absolute Gasteiger partial charge is 0.412 e. The molecule has 0 aliphatic carbocycles. The Bertz CT molecular complexity index is 692. The van der Waals surface area contributed by atoms with Crippen LogP contribution in [0.25, 0.3) is 0 Å². The summed E-state index contributed by atoms with van der Waals surface area (Å²) in [4.78, 5) is 17.6. The van der Waals surface area contributed by atoms with E-state index >= 15 is 0 Å². The van der Waals surface area contributed by atoms with E-state index in [2.05, 4.69) is 33.7 Å². The Hall–Kier alpha value is -2.44. The van der Waals surface area contributed by atoms with Crippen molar-refractivity contribution in [1.82, 2.24) is 14.7 Å². The summed E-state index contributed by atoms with van der Waals surface area (Å²) >= 11 is 0. The number of carbonyl (C=O) groups excluding carboxylic acids is 1. The van der Waals surface area contributed by atoms with Crippen LogP contribution in [-0.2, 0) is 17.8 Å². The predicted octanol–water partition coefficient (Wildman–Crippen LogP) is 4.39. The molecule has 2 aliphatic heterocycles. The molecule has 0 saturated carbocycles. The number of hydrogen-bond acceptors (Lipinski definition) is 4.